The highest BCUT2D eigenvalue weighted by Gasteiger charge is 2.17. The molecule has 0 radical (unpaired) electrons. The summed E-state index contributed by atoms with van der Waals surface area (Å²) in [6.07, 6.45) is 0. The fraction of sp³-hybridized carbons (Fsp3) is 0. The van der Waals surface area contributed by atoms with Crippen molar-refractivity contribution in [3.63, 3.8) is 0 Å². The van der Waals surface area contributed by atoms with Gasteiger partial charge < -0.3 is 4.52 Å². The Morgan fingerprint density at radius 2 is 1.70 bits per heavy atom. The van der Waals surface area contributed by atoms with Crippen LogP contribution in [-0.2, 0) is 10.0 Å². The van der Waals surface area contributed by atoms with Crippen molar-refractivity contribution >= 4 is 27.5 Å². The molecule has 2 aromatic carbocycles. The SMILES string of the molecule is O=S(=O)(Nc1cc(-c2ccc(Cl)cc2)no1)c1ccc(F)cc1. The molecule has 1 N–H and O–H groups in total. The van der Waals surface area contributed by atoms with Crippen LogP contribution in [0.1, 0.15) is 0 Å². The van der Waals surface area contributed by atoms with Gasteiger partial charge in [-0.05, 0) is 36.4 Å². The first-order chi connectivity index (χ1) is 10.9. The molecule has 0 amide bonds. The van der Waals surface area contributed by atoms with Crippen molar-refractivity contribution in [1.82, 2.24) is 5.16 Å². The van der Waals surface area contributed by atoms with Gasteiger partial charge in [0.1, 0.15) is 11.5 Å². The molecule has 3 aromatic rings. The molecule has 0 fully saturated rings. The number of benzene rings is 2. The maximum Gasteiger partial charge on any atom is 0.264 e. The minimum atomic E-state index is -3.88. The van der Waals surface area contributed by atoms with Crippen LogP contribution in [0.5, 0.6) is 0 Å². The third-order valence-electron chi connectivity index (χ3n) is 3.01. The van der Waals surface area contributed by atoms with E-state index in [1.807, 2.05) is 0 Å². The Bertz CT molecular complexity index is 922. The first kappa shape index (κ1) is 15.5. The van der Waals surface area contributed by atoms with Gasteiger partial charge in [-0.1, -0.05) is 28.9 Å². The number of hydrogen-bond donors (Lipinski definition) is 1. The summed E-state index contributed by atoms with van der Waals surface area (Å²) < 4.78 is 44.4. The number of nitrogens with zero attached hydrogens (tertiary/aromatic N) is 1. The summed E-state index contributed by atoms with van der Waals surface area (Å²) in [5.74, 6) is -0.562. The van der Waals surface area contributed by atoms with Gasteiger partial charge >= 0.3 is 0 Å². The average molecular weight is 353 g/mol. The van der Waals surface area contributed by atoms with Crippen molar-refractivity contribution in [2.45, 2.75) is 4.90 Å². The van der Waals surface area contributed by atoms with E-state index in [1.165, 1.54) is 6.07 Å². The second-order valence-electron chi connectivity index (χ2n) is 4.64. The molecule has 3 rings (SSSR count). The highest BCUT2D eigenvalue weighted by molar-refractivity contribution is 7.92. The van der Waals surface area contributed by atoms with Gasteiger partial charge in [0.05, 0.1) is 4.90 Å². The smallest absolute Gasteiger partial charge is 0.264 e. The zero-order valence-corrected chi connectivity index (χ0v) is 13.1. The zero-order valence-electron chi connectivity index (χ0n) is 11.5. The molecule has 5 nitrogen and oxygen atoms in total. The van der Waals surface area contributed by atoms with Gasteiger partial charge in [0, 0.05) is 16.7 Å². The number of hydrogen-bond acceptors (Lipinski definition) is 4. The van der Waals surface area contributed by atoms with E-state index in [0.717, 1.165) is 29.8 Å². The van der Waals surface area contributed by atoms with Gasteiger partial charge in [-0.2, -0.15) is 0 Å². The first-order valence-electron chi connectivity index (χ1n) is 6.45. The Balaban J connectivity index is 1.83. The summed E-state index contributed by atoms with van der Waals surface area (Å²) >= 11 is 5.81. The van der Waals surface area contributed by atoms with E-state index < -0.39 is 15.8 Å². The molecule has 118 valence electrons. The lowest BCUT2D eigenvalue weighted by molar-refractivity contribution is 0.438. The maximum atomic E-state index is 12.9. The molecule has 0 aliphatic rings. The van der Waals surface area contributed by atoms with Crippen LogP contribution in [0.3, 0.4) is 0 Å². The second kappa shape index (κ2) is 6.02. The lowest BCUT2D eigenvalue weighted by atomic mass is 10.1. The molecule has 8 heteroatoms. The molecular formula is C15H10ClFN2O3S. The van der Waals surface area contributed by atoms with Crippen LogP contribution in [0.4, 0.5) is 10.3 Å². The van der Waals surface area contributed by atoms with E-state index in [2.05, 4.69) is 9.88 Å². The van der Waals surface area contributed by atoms with Crippen molar-refractivity contribution in [2.24, 2.45) is 0 Å². The molecule has 0 aliphatic carbocycles. The predicted molar refractivity (Wildman–Crippen MR) is 84.2 cm³/mol. The van der Waals surface area contributed by atoms with Gasteiger partial charge in [-0.3, -0.25) is 0 Å². The summed E-state index contributed by atoms with van der Waals surface area (Å²) in [6, 6.07) is 12.7. The van der Waals surface area contributed by atoms with Crippen molar-refractivity contribution in [3.05, 3.63) is 65.4 Å². The fourth-order valence-electron chi connectivity index (χ4n) is 1.89. The second-order valence-corrected chi connectivity index (χ2v) is 6.76. The molecule has 0 saturated carbocycles. The van der Waals surface area contributed by atoms with Crippen LogP contribution >= 0.6 is 11.6 Å². The molecular weight excluding hydrogens is 343 g/mol. The third-order valence-corrected chi connectivity index (χ3v) is 4.62. The van der Waals surface area contributed by atoms with Crippen LogP contribution in [-0.4, -0.2) is 13.6 Å². The first-order valence-corrected chi connectivity index (χ1v) is 8.31. The van der Waals surface area contributed by atoms with Gasteiger partial charge in [0.2, 0.25) is 5.88 Å². The van der Waals surface area contributed by atoms with Crippen LogP contribution in [0.25, 0.3) is 11.3 Å². The Morgan fingerprint density at radius 3 is 2.35 bits per heavy atom. The van der Waals surface area contributed by atoms with Gasteiger partial charge in [0.15, 0.2) is 0 Å². The summed E-state index contributed by atoms with van der Waals surface area (Å²) in [5, 5.41) is 4.38. The Morgan fingerprint density at radius 1 is 1.04 bits per heavy atom. The number of rotatable bonds is 4. The van der Waals surface area contributed by atoms with E-state index >= 15 is 0 Å². The largest absolute Gasteiger partial charge is 0.337 e. The van der Waals surface area contributed by atoms with Gasteiger partial charge in [-0.15, -0.1) is 0 Å². The van der Waals surface area contributed by atoms with Gasteiger partial charge in [-0.25, -0.2) is 17.5 Å². The van der Waals surface area contributed by atoms with Crippen molar-refractivity contribution in [1.29, 1.82) is 0 Å². The highest BCUT2D eigenvalue weighted by atomic mass is 35.5. The third kappa shape index (κ3) is 3.52. The number of aromatic nitrogens is 1. The maximum absolute atomic E-state index is 12.9. The Hall–Kier alpha value is -2.38. The van der Waals surface area contributed by atoms with E-state index in [-0.39, 0.29) is 10.8 Å². The highest BCUT2D eigenvalue weighted by Crippen LogP contribution is 2.24. The molecule has 0 bridgehead atoms. The van der Waals surface area contributed by atoms with E-state index in [4.69, 9.17) is 16.1 Å². The average Bonchev–Trinajstić information content (AvgIpc) is 2.96. The number of halogens is 2. The number of anilines is 1. The van der Waals surface area contributed by atoms with Crippen molar-refractivity contribution in [3.8, 4) is 11.3 Å². The van der Waals surface area contributed by atoms with Crippen molar-refractivity contribution < 1.29 is 17.3 Å². The number of nitrogens with one attached hydrogen (secondary N) is 1. The topological polar surface area (TPSA) is 72.2 Å². The minimum Gasteiger partial charge on any atom is -0.337 e. The molecule has 23 heavy (non-hydrogen) atoms. The van der Waals surface area contributed by atoms with Gasteiger partial charge in [0.25, 0.3) is 10.0 Å². The predicted octanol–water partition coefficient (Wildman–Crippen LogP) is 3.93. The monoisotopic (exact) mass is 352 g/mol. The van der Waals surface area contributed by atoms with E-state index in [0.29, 0.717) is 10.7 Å². The molecule has 0 saturated heterocycles. The fourth-order valence-corrected chi connectivity index (χ4v) is 2.98. The normalized spacial score (nSPS) is 11.4. The Kier molecular flexibility index (Phi) is 4.06. The van der Waals surface area contributed by atoms with Crippen LogP contribution in [0, 0.1) is 5.82 Å². The molecule has 0 unspecified atom stereocenters. The number of sulfonamides is 1. The molecule has 1 aromatic heterocycles. The van der Waals surface area contributed by atoms with E-state index in [9.17, 15) is 12.8 Å². The lowest BCUT2D eigenvalue weighted by Gasteiger charge is -2.03. The van der Waals surface area contributed by atoms with E-state index in [1.54, 1.807) is 24.3 Å². The quantitative estimate of drug-likeness (QED) is 0.772. The summed E-state index contributed by atoms with van der Waals surface area (Å²) in [4.78, 5) is -0.0802. The molecule has 0 atom stereocenters. The lowest BCUT2D eigenvalue weighted by Crippen LogP contribution is -2.12. The van der Waals surface area contributed by atoms with Crippen molar-refractivity contribution in [2.75, 3.05) is 4.72 Å². The standard InChI is InChI=1S/C15H10ClFN2O3S/c16-11-3-1-10(2-4-11)14-9-15(22-18-14)19-23(20,21)13-7-5-12(17)6-8-13/h1-9,19H. The zero-order chi connectivity index (χ0) is 16.4. The molecule has 0 aliphatic heterocycles. The van der Waals surface area contributed by atoms with Crippen LogP contribution in [0.15, 0.2) is 64.0 Å². The van der Waals surface area contributed by atoms with Crippen LogP contribution < -0.4 is 4.72 Å². The Labute approximate surface area is 136 Å². The summed E-state index contributed by atoms with van der Waals surface area (Å²) in [7, 11) is -3.88. The molecule has 0 spiro atoms. The molecule has 1 heterocycles. The summed E-state index contributed by atoms with van der Waals surface area (Å²) in [5.41, 5.74) is 1.18. The summed E-state index contributed by atoms with van der Waals surface area (Å²) in [6.45, 7) is 0. The minimum absolute atomic E-state index is 0.0423. The van der Waals surface area contributed by atoms with Crippen LogP contribution in [0.2, 0.25) is 5.02 Å².